The molecule has 29 heavy (non-hydrogen) atoms. The number of nitrogens with one attached hydrogen (secondary N) is 1. The van der Waals surface area contributed by atoms with E-state index in [2.05, 4.69) is 66.2 Å². The molecule has 0 unspecified atom stereocenters. The Hall–Kier alpha value is -3.34. The zero-order valence-electron chi connectivity index (χ0n) is 17.4. The lowest BCUT2D eigenvalue weighted by atomic mass is 10.1. The summed E-state index contributed by atoms with van der Waals surface area (Å²) in [5.41, 5.74) is 9.22. The van der Waals surface area contributed by atoms with Gasteiger partial charge in [-0.15, -0.1) is 0 Å². The summed E-state index contributed by atoms with van der Waals surface area (Å²) in [5.74, 6) is 0.615. The third-order valence-corrected chi connectivity index (χ3v) is 5.00. The summed E-state index contributed by atoms with van der Waals surface area (Å²) in [6.45, 7) is 6.31. The maximum Gasteiger partial charge on any atom is 0.244 e. The van der Waals surface area contributed by atoms with Crippen molar-refractivity contribution in [3.63, 3.8) is 0 Å². The molecule has 3 aromatic rings. The van der Waals surface area contributed by atoms with Crippen LogP contribution in [-0.4, -0.2) is 23.8 Å². The van der Waals surface area contributed by atoms with E-state index in [1.165, 1.54) is 11.3 Å². The van der Waals surface area contributed by atoms with Crippen LogP contribution in [0.4, 0.5) is 0 Å². The monoisotopic (exact) mass is 389 g/mol. The number of ether oxygens (including phenoxy) is 1. The maximum absolute atomic E-state index is 12.2. The highest BCUT2D eigenvalue weighted by atomic mass is 16.5. The first kappa shape index (κ1) is 20.4. The van der Waals surface area contributed by atoms with Crippen molar-refractivity contribution in [2.45, 2.75) is 33.6 Å². The number of methoxy groups -OCH3 is 1. The van der Waals surface area contributed by atoms with Gasteiger partial charge in [0.05, 0.1) is 19.7 Å². The molecule has 2 aromatic carbocycles. The minimum atomic E-state index is -0.156. The molecule has 0 aliphatic carbocycles. The van der Waals surface area contributed by atoms with Gasteiger partial charge in [0.25, 0.3) is 0 Å². The number of rotatable bonds is 7. The topological polar surface area (TPSA) is 55.6 Å². The number of amides is 1. The van der Waals surface area contributed by atoms with Gasteiger partial charge in [0.2, 0.25) is 5.91 Å². The smallest absolute Gasteiger partial charge is 0.244 e. The van der Waals surface area contributed by atoms with E-state index in [0.717, 1.165) is 34.7 Å². The van der Waals surface area contributed by atoms with Crippen LogP contribution in [0.25, 0.3) is 5.69 Å². The first-order valence-corrected chi connectivity index (χ1v) is 9.75. The van der Waals surface area contributed by atoms with Crippen LogP contribution >= 0.6 is 0 Å². The molecule has 0 spiro atoms. The lowest BCUT2D eigenvalue weighted by Gasteiger charge is -2.13. The predicted octanol–water partition coefficient (Wildman–Crippen LogP) is 4.36. The Morgan fingerprint density at radius 1 is 1.14 bits per heavy atom. The van der Waals surface area contributed by atoms with Gasteiger partial charge in [-0.05, 0) is 55.7 Å². The fraction of sp³-hybridized carbons (Fsp3) is 0.250. The molecule has 0 aliphatic heterocycles. The van der Waals surface area contributed by atoms with Crippen LogP contribution in [0.15, 0.2) is 59.7 Å². The third-order valence-electron chi connectivity index (χ3n) is 5.00. The fourth-order valence-corrected chi connectivity index (χ4v) is 3.46. The molecule has 0 radical (unpaired) electrons. The van der Waals surface area contributed by atoms with Crippen molar-refractivity contribution in [2.24, 2.45) is 5.10 Å². The molecule has 0 saturated carbocycles. The summed E-state index contributed by atoms with van der Waals surface area (Å²) in [6, 6.07) is 17.9. The number of hydrogen-bond donors (Lipinski definition) is 1. The van der Waals surface area contributed by atoms with Crippen molar-refractivity contribution in [3.8, 4) is 11.4 Å². The Morgan fingerprint density at radius 3 is 2.55 bits per heavy atom. The second kappa shape index (κ2) is 9.24. The second-order valence-corrected chi connectivity index (χ2v) is 6.96. The number of aryl methyl sites for hydroxylation is 2. The van der Waals surface area contributed by atoms with E-state index >= 15 is 0 Å². The molecule has 1 aromatic heterocycles. The molecule has 1 heterocycles. The molecule has 3 rings (SSSR count). The Labute approximate surface area is 172 Å². The van der Waals surface area contributed by atoms with Gasteiger partial charge in [-0.25, -0.2) is 5.43 Å². The number of benzene rings is 2. The molecule has 0 saturated heterocycles. The molecule has 0 bridgehead atoms. The first-order chi connectivity index (χ1) is 14.0. The quantitative estimate of drug-likeness (QED) is 0.482. The Kier molecular flexibility index (Phi) is 6.50. The lowest BCUT2D eigenvalue weighted by molar-refractivity contribution is -0.120. The van der Waals surface area contributed by atoms with Gasteiger partial charge in [0, 0.05) is 22.6 Å². The maximum atomic E-state index is 12.2. The fourth-order valence-electron chi connectivity index (χ4n) is 3.46. The number of carbonyl (C=O) groups is 1. The van der Waals surface area contributed by atoms with E-state index in [9.17, 15) is 4.79 Å². The van der Waals surface area contributed by atoms with Crippen LogP contribution in [-0.2, 0) is 17.6 Å². The molecule has 0 fully saturated rings. The van der Waals surface area contributed by atoms with Crippen molar-refractivity contribution in [1.82, 2.24) is 9.99 Å². The van der Waals surface area contributed by atoms with Gasteiger partial charge < -0.3 is 9.30 Å². The van der Waals surface area contributed by atoms with Gasteiger partial charge in [-0.1, -0.05) is 37.3 Å². The largest absolute Gasteiger partial charge is 0.497 e. The minimum absolute atomic E-state index is 0.156. The molecule has 0 atom stereocenters. The summed E-state index contributed by atoms with van der Waals surface area (Å²) in [4.78, 5) is 12.2. The van der Waals surface area contributed by atoms with Crippen LogP contribution < -0.4 is 10.2 Å². The lowest BCUT2D eigenvalue weighted by Crippen LogP contribution is -2.19. The molecular formula is C24H27N3O2. The Morgan fingerprint density at radius 2 is 1.86 bits per heavy atom. The van der Waals surface area contributed by atoms with Crippen molar-refractivity contribution >= 4 is 12.1 Å². The number of para-hydroxylation sites is 1. The number of nitrogens with zero attached hydrogens (tertiary/aromatic N) is 2. The zero-order valence-corrected chi connectivity index (χ0v) is 17.4. The summed E-state index contributed by atoms with van der Waals surface area (Å²) in [6.07, 6.45) is 2.95. The Bertz CT molecular complexity index is 1020. The number of hydrogen-bond acceptors (Lipinski definition) is 3. The summed E-state index contributed by atoms with van der Waals surface area (Å²) in [5, 5.41) is 4.16. The molecule has 5 heteroatoms. The molecule has 1 amide bonds. The normalized spacial score (nSPS) is 11.0. The van der Waals surface area contributed by atoms with E-state index in [0.29, 0.717) is 0 Å². The van der Waals surface area contributed by atoms with E-state index < -0.39 is 0 Å². The first-order valence-electron chi connectivity index (χ1n) is 9.75. The summed E-state index contributed by atoms with van der Waals surface area (Å²) in [7, 11) is 1.62. The van der Waals surface area contributed by atoms with Crippen molar-refractivity contribution < 1.29 is 9.53 Å². The average molecular weight is 389 g/mol. The highest BCUT2D eigenvalue weighted by molar-refractivity contribution is 5.85. The highest BCUT2D eigenvalue weighted by Crippen LogP contribution is 2.23. The van der Waals surface area contributed by atoms with Gasteiger partial charge in [-0.3, -0.25) is 4.79 Å². The predicted molar refractivity (Wildman–Crippen MR) is 117 cm³/mol. The van der Waals surface area contributed by atoms with Crippen LogP contribution in [0.1, 0.15) is 35.0 Å². The van der Waals surface area contributed by atoms with E-state index in [1.807, 2.05) is 24.3 Å². The Balaban J connectivity index is 1.70. The van der Waals surface area contributed by atoms with Crippen LogP contribution in [0.5, 0.6) is 5.75 Å². The SMILES string of the molecule is CCc1ccccc1-n1c(C)cc(/C=N/NC(=O)Cc2ccc(OC)cc2)c1C. The van der Waals surface area contributed by atoms with Gasteiger partial charge in [0.15, 0.2) is 0 Å². The van der Waals surface area contributed by atoms with Crippen LogP contribution in [0, 0.1) is 13.8 Å². The van der Waals surface area contributed by atoms with E-state index in [1.54, 1.807) is 13.3 Å². The van der Waals surface area contributed by atoms with Gasteiger partial charge in [-0.2, -0.15) is 5.10 Å². The number of hydrazone groups is 1. The van der Waals surface area contributed by atoms with Crippen molar-refractivity contribution in [1.29, 1.82) is 0 Å². The van der Waals surface area contributed by atoms with E-state index in [4.69, 9.17) is 4.74 Å². The summed E-state index contributed by atoms with van der Waals surface area (Å²) >= 11 is 0. The van der Waals surface area contributed by atoms with Crippen LogP contribution in [0.2, 0.25) is 0 Å². The molecular weight excluding hydrogens is 362 g/mol. The zero-order chi connectivity index (χ0) is 20.8. The highest BCUT2D eigenvalue weighted by Gasteiger charge is 2.12. The summed E-state index contributed by atoms with van der Waals surface area (Å²) < 4.78 is 7.37. The molecule has 1 N–H and O–H groups in total. The standard InChI is InChI=1S/C24H27N3O2/c1-5-20-8-6-7-9-23(20)27-17(2)14-21(18(27)3)16-25-26-24(28)15-19-10-12-22(29-4)13-11-19/h6-14,16H,5,15H2,1-4H3,(H,26,28)/b25-16+. The number of aromatic nitrogens is 1. The van der Waals surface area contributed by atoms with Crippen molar-refractivity contribution in [3.05, 3.63) is 82.7 Å². The van der Waals surface area contributed by atoms with Gasteiger partial charge in [0.1, 0.15) is 5.75 Å². The molecule has 150 valence electrons. The molecule has 5 nitrogen and oxygen atoms in total. The number of carbonyl (C=O) groups excluding carboxylic acids is 1. The van der Waals surface area contributed by atoms with E-state index in [-0.39, 0.29) is 12.3 Å². The van der Waals surface area contributed by atoms with Crippen LogP contribution in [0.3, 0.4) is 0 Å². The second-order valence-electron chi connectivity index (χ2n) is 6.96. The average Bonchev–Trinajstić information content (AvgIpc) is 3.01. The van der Waals surface area contributed by atoms with Gasteiger partial charge >= 0.3 is 0 Å². The third kappa shape index (κ3) is 4.74. The minimum Gasteiger partial charge on any atom is -0.497 e. The van der Waals surface area contributed by atoms with Crippen molar-refractivity contribution in [2.75, 3.05) is 7.11 Å². The molecule has 0 aliphatic rings.